The predicted molar refractivity (Wildman–Crippen MR) is 46.7 cm³/mol. The summed E-state index contributed by atoms with van der Waals surface area (Å²) in [7, 11) is 0. The molecule has 1 atom stereocenters. The Morgan fingerprint density at radius 2 is 2.36 bits per heavy atom. The molecule has 1 fully saturated rings. The Hall–Kier alpha value is -0.0800. The van der Waals surface area contributed by atoms with Crippen LogP contribution in [-0.2, 0) is 4.74 Å². The van der Waals surface area contributed by atoms with Gasteiger partial charge in [0.1, 0.15) is 0 Å². The van der Waals surface area contributed by atoms with Crippen molar-refractivity contribution in [2.45, 2.75) is 32.7 Å². The van der Waals surface area contributed by atoms with Crippen LogP contribution in [0.25, 0.3) is 0 Å². The maximum atomic E-state index is 5.37. The summed E-state index contributed by atoms with van der Waals surface area (Å²) < 4.78 is 5.37. The summed E-state index contributed by atoms with van der Waals surface area (Å²) in [6.45, 7) is 7.42. The zero-order chi connectivity index (χ0) is 8.10. The van der Waals surface area contributed by atoms with Crippen LogP contribution in [0.4, 0.5) is 0 Å². The molecule has 1 heterocycles. The Morgan fingerprint density at radius 1 is 1.55 bits per heavy atom. The van der Waals surface area contributed by atoms with Gasteiger partial charge in [-0.15, -0.1) is 0 Å². The second-order valence-electron chi connectivity index (χ2n) is 3.65. The Kier molecular flexibility index (Phi) is 3.87. The third kappa shape index (κ3) is 3.73. The lowest BCUT2D eigenvalue weighted by atomic mass is 10.0. The molecule has 0 spiro atoms. The van der Waals surface area contributed by atoms with Crippen LogP contribution in [0.5, 0.6) is 0 Å². The summed E-state index contributed by atoms with van der Waals surface area (Å²) in [5, 5.41) is 3.44. The first-order valence-corrected chi connectivity index (χ1v) is 4.60. The van der Waals surface area contributed by atoms with Gasteiger partial charge in [-0.1, -0.05) is 13.8 Å². The molecular weight excluding hydrogens is 138 g/mol. The second kappa shape index (κ2) is 4.73. The van der Waals surface area contributed by atoms with Gasteiger partial charge in [0.15, 0.2) is 0 Å². The minimum Gasteiger partial charge on any atom is -0.381 e. The molecule has 1 unspecified atom stereocenters. The number of ether oxygens (including phenoxy) is 1. The van der Waals surface area contributed by atoms with Gasteiger partial charge < -0.3 is 10.1 Å². The Bertz CT molecular complexity index is 97.7. The third-order valence-electron chi connectivity index (χ3n) is 2.07. The number of hydrogen-bond donors (Lipinski definition) is 1. The molecule has 11 heavy (non-hydrogen) atoms. The molecule has 1 rings (SSSR count). The second-order valence-corrected chi connectivity index (χ2v) is 3.65. The van der Waals surface area contributed by atoms with Crippen LogP contribution in [0.15, 0.2) is 0 Å². The van der Waals surface area contributed by atoms with E-state index in [9.17, 15) is 0 Å². The van der Waals surface area contributed by atoms with Crippen LogP contribution < -0.4 is 5.32 Å². The fourth-order valence-corrected chi connectivity index (χ4v) is 1.37. The van der Waals surface area contributed by atoms with Crippen LogP contribution in [0, 0.1) is 5.92 Å². The zero-order valence-corrected chi connectivity index (χ0v) is 7.60. The lowest BCUT2D eigenvalue weighted by Crippen LogP contribution is -2.33. The maximum Gasteiger partial charge on any atom is 0.0506 e. The molecule has 0 amide bonds. The highest BCUT2D eigenvalue weighted by Gasteiger charge is 2.13. The van der Waals surface area contributed by atoms with Crippen LogP contribution in [0.1, 0.15) is 26.7 Å². The molecule has 1 aliphatic heterocycles. The third-order valence-corrected chi connectivity index (χ3v) is 2.07. The van der Waals surface area contributed by atoms with Crippen molar-refractivity contribution in [3.63, 3.8) is 0 Å². The van der Waals surface area contributed by atoms with Crippen LogP contribution >= 0.6 is 0 Å². The standard InChI is InChI=1S/C9H19NO/c1-8(2)10-6-9-4-3-5-11-7-9/h8-10H,3-7H2,1-2H3. The van der Waals surface area contributed by atoms with Gasteiger partial charge >= 0.3 is 0 Å². The average molecular weight is 157 g/mol. The lowest BCUT2D eigenvalue weighted by Gasteiger charge is -2.23. The highest BCUT2D eigenvalue weighted by molar-refractivity contribution is 4.66. The Balaban J connectivity index is 2.05. The lowest BCUT2D eigenvalue weighted by molar-refractivity contribution is 0.0542. The van der Waals surface area contributed by atoms with E-state index in [0.717, 1.165) is 25.7 Å². The minimum absolute atomic E-state index is 0.608. The molecule has 1 aliphatic rings. The SMILES string of the molecule is CC(C)NCC1CCCOC1. The summed E-state index contributed by atoms with van der Waals surface area (Å²) in [6.07, 6.45) is 2.57. The molecule has 1 saturated heterocycles. The maximum absolute atomic E-state index is 5.37. The highest BCUT2D eigenvalue weighted by Crippen LogP contribution is 2.12. The van der Waals surface area contributed by atoms with Crippen molar-refractivity contribution in [2.75, 3.05) is 19.8 Å². The topological polar surface area (TPSA) is 21.3 Å². The van der Waals surface area contributed by atoms with Crippen molar-refractivity contribution in [2.24, 2.45) is 5.92 Å². The van der Waals surface area contributed by atoms with Crippen LogP contribution in [0.2, 0.25) is 0 Å². The molecule has 66 valence electrons. The number of rotatable bonds is 3. The Morgan fingerprint density at radius 3 is 2.91 bits per heavy atom. The number of nitrogens with one attached hydrogen (secondary N) is 1. The summed E-state index contributed by atoms with van der Waals surface area (Å²) >= 11 is 0. The van der Waals surface area contributed by atoms with Crippen LogP contribution in [-0.4, -0.2) is 25.8 Å². The van der Waals surface area contributed by atoms with E-state index in [-0.39, 0.29) is 0 Å². The van der Waals surface area contributed by atoms with Gasteiger partial charge in [-0.05, 0) is 18.8 Å². The van der Waals surface area contributed by atoms with Crippen molar-refractivity contribution in [3.8, 4) is 0 Å². The molecule has 0 bridgehead atoms. The zero-order valence-electron chi connectivity index (χ0n) is 7.60. The van der Waals surface area contributed by atoms with Crippen molar-refractivity contribution >= 4 is 0 Å². The van der Waals surface area contributed by atoms with Crippen molar-refractivity contribution in [3.05, 3.63) is 0 Å². The van der Waals surface area contributed by atoms with Gasteiger partial charge in [-0.25, -0.2) is 0 Å². The van der Waals surface area contributed by atoms with E-state index < -0.39 is 0 Å². The van der Waals surface area contributed by atoms with Gasteiger partial charge in [0.25, 0.3) is 0 Å². The van der Waals surface area contributed by atoms with Crippen LogP contribution in [0.3, 0.4) is 0 Å². The first kappa shape index (κ1) is 9.01. The van der Waals surface area contributed by atoms with Crippen molar-refractivity contribution in [1.82, 2.24) is 5.32 Å². The quantitative estimate of drug-likeness (QED) is 0.669. The molecule has 0 saturated carbocycles. The van der Waals surface area contributed by atoms with Gasteiger partial charge in [0, 0.05) is 19.2 Å². The molecule has 0 aromatic heterocycles. The van der Waals surface area contributed by atoms with E-state index in [2.05, 4.69) is 19.2 Å². The van der Waals surface area contributed by atoms with E-state index in [1.165, 1.54) is 12.8 Å². The molecule has 2 nitrogen and oxygen atoms in total. The van der Waals surface area contributed by atoms with E-state index in [1.807, 2.05) is 0 Å². The summed E-state index contributed by atoms with van der Waals surface area (Å²) in [4.78, 5) is 0. The smallest absolute Gasteiger partial charge is 0.0506 e. The largest absolute Gasteiger partial charge is 0.381 e. The molecule has 0 aromatic carbocycles. The molecule has 0 aliphatic carbocycles. The van der Waals surface area contributed by atoms with Gasteiger partial charge in [-0.3, -0.25) is 0 Å². The van der Waals surface area contributed by atoms with Gasteiger partial charge in [0.2, 0.25) is 0 Å². The fraction of sp³-hybridized carbons (Fsp3) is 1.00. The first-order valence-electron chi connectivity index (χ1n) is 4.60. The Labute approximate surface area is 69.3 Å². The average Bonchev–Trinajstić information content (AvgIpc) is 2.03. The molecule has 1 N–H and O–H groups in total. The summed E-state index contributed by atoms with van der Waals surface area (Å²) in [6, 6.07) is 0.608. The molecule has 2 heteroatoms. The predicted octanol–water partition coefficient (Wildman–Crippen LogP) is 1.41. The summed E-state index contributed by atoms with van der Waals surface area (Å²) in [5.74, 6) is 0.756. The van der Waals surface area contributed by atoms with E-state index in [1.54, 1.807) is 0 Å². The number of hydrogen-bond acceptors (Lipinski definition) is 2. The normalized spacial score (nSPS) is 25.9. The van der Waals surface area contributed by atoms with E-state index in [4.69, 9.17) is 4.74 Å². The van der Waals surface area contributed by atoms with Gasteiger partial charge in [-0.2, -0.15) is 0 Å². The fourth-order valence-electron chi connectivity index (χ4n) is 1.37. The van der Waals surface area contributed by atoms with Crippen molar-refractivity contribution in [1.29, 1.82) is 0 Å². The monoisotopic (exact) mass is 157 g/mol. The molecule has 0 aromatic rings. The highest BCUT2D eigenvalue weighted by atomic mass is 16.5. The van der Waals surface area contributed by atoms with E-state index >= 15 is 0 Å². The molecule has 0 radical (unpaired) electrons. The van der Waals surface area contributed by atoms with Crippen molar-refractivity contribution < 1.29 is 4.74 Å². The van der Waals surface area contributed by atoms with E-state index in [0.29, 0.717) is 6.04 Å². The van der Waals surface area contributed by atoms with Gasteiger partial charge in [0.05, 0.1) is 6.61 Å². The minimum atomic E-state index is 0.608. The molecular formula is C9H19NO. The first-order chi connectivity index (χ1) is 5.29. The summed E-state index contributed by atoms with van der Waals surface area (Å²) in [5.41, 5.74) is 0.